The third-order valence-electron chi connectivity index (χ3n) is 3.96. The number of oxazole rings is 1. The number of nitrogens with zero attached hydrogens (tertiary/aromatic N) is 1. The molecule has 0 unspecified atom stereocenters. The van der Waals surface area contributed by atoms with E-state index in [1.54, 1.807) is 18.4 Å². The Morgan fingerprint density at radius 2 is 2.13 bits per heavy atom. The number of nitrogens with one attached hydrogen (secondary N) is 1. The molecule has 0 spiro atoms. The Labute approximate surface area is 134 Å². The van der Waals surface area contributed by atoms with Crippen LogP contribution in [0.2, 0.25) is 0 Å². The summed E-state index contributed by atoms with van der Waals surface area (Å²) in [6, 6.07) is 6.00. The van der Waals surface area contributed by atoms with E-state index in [1.807, 2.05) is 0 Å². The summed E-state index contributed by atoms with van der Waals surface area (Å²) in [7, 11) is 0. The average Bonchev–Trinajstić information content (AvgIpc) is 3.05. The molecule has 0 aliphatic heterocycles. The van der Waals surface area contributed by atoms with Gasteiger partial charge in [-0.1, -0.05) is 12.2 Å². The first-order valence-electron chi connectivity index (χ1n) is 7.85. The molecule has 1 N–H and O–H groups in total. The van der Waals surface area contributed by atoms with Crippen molar-refractivity contribution in [2.24, 2.45) is 5.92 Å². The van der Waals surface area contributed by atoms with Crippen molar-refractivity contribution in [3.05, 3.63) is 54.2 Å². The predicted octanol–water partition coefficient (Wildman–Crippen LogP) is 3.50. The third-order valence-corrected chi connectivity index (χ3v) is 3.96. The normalized spacial score (nSPS) is 17.2. The van der Waals surface area contributed by atoms with Gasteiger partial charge in [0.15, 0.2) is 0 Å². The van der Waals surface area contributed by atoms with Gasteiger partial charge in [-0.15, -0.1) is 0 Å². The zero-order valence-corrected chi connectivity index (χ0v) is 12.8. The van der Waals surface area contributed by atoms with Gasteiger partial charge in [0, 0.05) is 24.4 Å². The number of rotatable bonds is 5. The Morgan fingerprint density at radius 1 is 1.30 bits per heavy atom. The summed E-state index contributed by atoms with van der Waals surface area (Å²) in [5.74, 6) is 0.369. The van der Waals surface area contributed by atoms with Crippen molar-refractivity contribution in [2.75, 3.05) is 6.54 Å². The second kappa shape index (κ2) is 7.22. The van der Waals surface area contributed by atoms with Crippen LogP contribution in [0.15, 0.2) is 47.1 Å². The minimum atomic E-state index is -0.291. The van der Waals surface area contributed by atoms with E-state index < -0.39 is 0 Å². The van der Waals surface area contributed by atoms with E-state index in [4.69, 9.17) is 4.42 Å². The second-order valence-electron chi connectivity index (χ2n) is 5.67. The summed E-state index contributed by atoms with van der Waals surface area (Å²) in [6.07, 6.45) is 9.09. The van der Waals surface area contributed by atoms with Crippen molar-refractivity contribution in [3.63, 3.8) is 0 Å². The molecule has 0 saturated carbocycles. The van der Waals surface area contributed by atoms with Crippen LogP contribution in [0.1, 0.15) is 25.0 Å². The van der Waals surface area contributed by atoms with E-state index in [1.165, 1.54) is 12.1 Å². The largest absolute Gasteiger partial charge is 0.444 e. The highest BCUT2D eigenvalue weighted by Crippen LogP contribution is 2.20. The molecule has 0 fully saturated rings. The quantitative estimate of drug-likeness (QED) is 0.859. The third kappa shape index (κ3) is 4.06. The lowest BCUT2D eigenvalue weighted by Crippen LogP contribution is -2.32. The Kier molecular flexibility index (Phi) is 4.86. The molecule has 3 rings (SSSR count). The zero-order chi connectivity index (χ0) is 16.1. The fourth-order valence-corrected chi connectivity index (χ4v) is 2.64. The topological polar surface area (TPSA) is 55.1 Å². The van der Waals surface area contributed by atoms with Crippen molar-refractivity contribution >= 4 is 5.91 Å². The average molecular weight is 314 g/mol. The van der Waals surface area contributed by atoms with Crippen LogP contribution >= 0.6 is 0 Å². The van der Waals surface area contributed by atoms with Crippen molar-refractivity contribution in [1.29, 1.82) is 0 Å². The van der Waals surface area contributed by atoms with E-state index in [2.05, 4.69) is 22.5 Å². The summed E-state index contributed by atoms with van der Waals surface area (Å²) >= 11 is 0. The lowest BCUT2D eigenvalue weighted by molar-refractivity contribution is -0.125. The molecule has 0 radical (unpaired) electrons. The van der Waals surface area contributed by atoms with Crippen molar-refractivity contribution in [3.8, 4) is 11.5 Å². The number of carbonyl (C=O) groups excluding carboxylic acids is 1. The van der Waals surface area contributed by atoms with Gasteiger partial charge in [-0.25, -0.2) is 9.37 Å². The predicted molar refractivity (Wildman–Crippen MR) is 85.1 cm³/mol. The second-order valence-corrected chi connectivity index (χ2v) is 5.67. The van der Waals surface area contributed by atoms with E-state index in [9.17, 15) is 9.18 Å². The molecular weight excluding hydrogens is 295 g/mol. The molecular formula is C18H19FN2O2. The molecule has 1 aliphatic rings. The van der Waals surface area contributed by atoms with E-state index in [0.29, 0.717) is 18.9 Å². The van der Waals surface area contributed by atoms with Gasteiger partial charge in [-0.05, 0) is 43.5 Å². The molecule has 1 aliphatic carbocycles. The smallest absolute Gasteiger partial charge is 0.226 e. The number of hydrogen-bond acceptors (Lipinski definition) is 3. The molecule has 120 valence electrons. The van der Waals surface area contributed by atoms with E-state index >= 15 is 0 Å². The van der Waals surface area contributed by atoms with Gasteiger partial charge in [0.05, 0.1) is 5.69 Å². The molecule has 1 aromatic heterocycles. The van der Waals surface area contributed by atoms with Crippen LogP contribution < -0.4 is 5.32 Å². The first kappa shape index (κ1) is 15.5. The fourth-order valence-electron chi connectivity index (χ4n) is 2.64. The number of hydrogen-bond donors (Lipinski definition) is 1. The number of benzene rings is 1. The van der Waals surface area contributed by atoms with Gasteiger partial charge in [0.2, 0.25) is 11.8 Å². The highest BCUT2D eigenvalue weighted by Gasteiger charge is 2.18. The highest BCUT2D eigenvalue weighted by atomic mass is 19.1. The maximum Gasteiger partial charge on any atom is 0.226 e. The first-order chi connectivity index (χ1) is 11.2. The van der Waals surface area contributed by atoms with Crippen LogP contribution in [-0.4, -0.2) is 17.4 Å². The summed E-state index contributed by atoms with van der Waals surface area (Å²) in [5, 5.41) is 2.95. The minimum absolute atomic E-state index is 0.0899. The fraction of sp³-hybridized carbons (Fsp3) is 0.333. The van der Waals surface area contributed by atoms with Crippen LogP contribution in [0.25, 0.3) is 11.5 Å². The maximum absolute atomic E-state index is 12.9. The van der Waals surface area contributed by atoms with Gasteiger partial charge >= 0.3 is 0 Å². The Bertz CT molecular complexity index is 691. The van der Waals surface area contributed by atoms with Crippen LogP contribution in [0.4, 0.5) is 4.39 Å². The van der Waals surface area contributed by atoms with E-state index in [0.717, 1.165) is 30.5 Å². The Balaban J connectivity index is 1.50. The molecule has 0 saturated heterocycles. The molecule has 4 nitrogen and oxygen atoms in total. The molecule has 5 heteroatoms. The SMILES string of the molecule is O=C(NCCc1coc(-c2ccc(F)cc2)n1)[C@@H]1CC=CCC1. The van der Waals surface area contributed by atoms with Crippen LogP contribution in [0, 0.1) is 11.7 Å². The lowest BCUT2D eigenvalue weighted by Gasteiger charge is -2.16. The lowest BCUT2D eigenvalue weighted by atomic mass is 9.94. The summed E-state index contributed by atoms with van der Waals surface area (Å²) in [6.45, 7) is 0.536. The molecule has 1 amide bonds. The molecule has 1 aromatic carbocycles. The van der Waals surface area contributed by atoms with Gasteiger partial charge in [0.25, 0.3) is 0 Å². The Hall–Kier alpha value is -2.43. The molecule has 1 heterocycles. The maximum atomic E-state index is 12.9. The molecule has 2 aromatic rings. The van der Waals surface area contributed by atoms with Crippen LogP contribution in [0.3, 0.4) is 0 Å². The molecule has 0 bridgehead atoms. The number of amides is 1. The van der Waals surface area contributed by atoms with Crippen LogP contribution in [0.5, 0.6) is 0 Å². The standard InChI is InChI=1S/C18H19FN2O2/c19-15-8-6-14(7-9-15)18-21-16(12-23-18)10-11-20-17(22)13-4-2-1-3-5-13/h1-2,6-9,12-13H,3-5,10-11H2,(H,20,22)/t13-/m1/s1. The highest BCUT2D eigenvalue weighted by molar-refractivity contribution is 5.78. The minimum Gasteiger partial charge on any atom is -0.444 e. The van der Waals surface area contributed by atoms with E-state index in [-0.39, 0.29) is 17.6 Å². The number of aromatic nitrogens is 1. The summed E-state index contributed by atoms with van der Waals surface area (Å²) in [5.41, 5.74) is 1.50. The number of halogens is 1. The molecule has 1 atom stereocenters. The van der Waals surface area contributed by atoms with Gasteiger partial charge in [-0.2, -0.15) is 0 Å². The summed E-state index contributed by atoms with van der Waals surface area (Å²) in [4.78, 5) is 16.4. The summed E-state index contributed by atoms with van der Waals surface area (Å²) < 4.78 is 18.3. The van der Waals surface area contributed by atoms with Crippen molar-refractivity contribution in [1.82, 2.24) is 10.3 Å². The molecule has 23 heavy (non-hydrogen) atoms. The van der Waals surface area contributed by atoms with Crippen molar-refractivity contribution in [2.45, 2.75) is 25.7 Å². The van der Waals surface area contributed by atoms with Crippen molar-refractivity contribution < 1.29 is 13.6 Å². The monoisotopic (exact) mass is 314 g/mol. The first-order valence-corrected chi connectivity index (χ1v) is 7.85. The van der Waals surface area contributed by atoms with Crippen LogP contribution in [-0.2, 0) is 11.2 Å². The van der Waals surface area contributed by atoms with Gasteiger partial charge in [0.1, 0.15) is 12.1 Å². The number of carbonyl (C=O) groups is 1. The number of allylic oxidation sites excluding steroid dienone is 2. The van der Waals surface area contributed by atoms with Gasteiger partial charge in [-0.3, -0.25) is 4.79 Å². The zero-order valence-electron chi connectivity index (χ0n) is 12.8. The Morgan fingerprint density at radius 3 is 2.87 bits per heavy atom. The van der Waals surface area contributed by atoms with Gasteiger partial charge < -0.3 is 9.73 Å².